The van der Waals surface area contributed by atoms with E-state index in [1.165, 1.54) is 17.7 Å². The van der Waals surface area contributed by atoms with Crippen molar-refractivity contribution in [1.82, 2.24) is 9.55 Å². The summed E-state index contributed by atoms with van der Waals surface area (Å²) in [5.41, 5.74) is 7.77. The summed E-state index contributed by atoms with van der Waals surface area (Å²) in [6.45, 7) is 2.13. The van der Waals surface area contributed by atoms with Crippen LogP contribution >= 0.6 is 15.9 Å². The van der Waals surface area contributed by atoms with E-state index in [4.69, 9.17) is 10.5 Å². The number of aromatic nitrogens is 2. The van der Waals surface area contributed by atoms with Crippen molar-refractivity contribution < 1.29 is 4.74 Å². The van der Waals surface area contributed by atoms with Crippen LogP contribution in [0, 0.1) is 6.92 Å². The minimum Gasteiger partial charge on any atom is -0.468 e. The predicted octanol–water partition coefficient (Wildman–Crippen LogP) is 1.95. The average molecular weight is 324 g/mol. The predicted molar refractivity (Wildman–Crippen MR) is 77.4 cm³/mol. The standard InChI is InChI=1S/C13H14BrN3O2/c1-8-5-12(18)17(13(16-8)19-2)7-9-3-4-10(15)6-11(9)14/h3-6H,7,15H2,1-2H3. The first kappa shape index (κ1) is 13.6. The molecule has 1 aromatic carbocycles. The third kappa shape index (κ3) is 2.96. The molecule has 0 saturated heterocycles. The van der Waals surface area contributed by atoms with Gasteiger partial charge in [-0.2, -0.15) is 0 Å². The molecule has 0 bridgehead atoms. The van der Waals surface area contributed by atoms with Gasteiger partial charge in [-0.1, -0.05) is 22.0 Å². The lowest BCUT2D eigenvalue weighted by atomic mass is 10.2. The molecule has 0 fully saturated rings. The number of halogens is 1. The van der Waals surface area contributed by atoms with Crippen molar-refractivity contribution in [1.29, 1.82) is 0 Å². The second kappa shape index (κ2) is 5.44. The lowest BCUT2D eigenvalue weighted by molar-refractivity contribution is 0.349. The first-order valence-corrected chi connectivity index (χ1v) is 6.47. The van der Waals surface area contributed by atoms with E-state index in [0.717, 1.165) is 10.0 Å². The number of methoxy groups -OCH3 is 1. The second-order valence-corrected chi connectivity index (χ2v) is 5.01. The van der Waals surface area contributed by atoms with Crippen molar-refractivity contribution in [3.8, 4) is 6.01 Å². The summed E-state index contributed by atoms with van der Waals surface area (Å²) in [4.78, 5) is 16.2. The van der Waals surface area contributed by atoms with Crippen LogP contribution in [0.4, 0.5) is 5.69 Å². The molecule has 0 aliphatic rings. The fraction of sp³-hybridized carbons (Fsp3) is 0.231. The SMILES string of the molecule is COc1nc(C)cc(=O)n1Cc1ccc(N)cc1Br. The molecule has 19 heavy (non-hydrogen) atoms. The van der Waals surface area contributed by atoms with Crippen LogP contribution in [-0.4, -0.2) is 16.7 Å². The summed E-state index contributed by atoms with van der Waals surface area (Å²) in [5.74, 6) is 0. The van der Waals surface area contributed by atoms with Crippen molar-refractivity contribution in [2.24, 2.45) is 0 Å². The lowest BCUT2D eigenvalue weighted by Gasteiger charge is -2.12. The van der Waals surface area contributed by atoms with E-state index in [0.29, 0.717) is 23.9 Å². The third-order valence-electron chi connectivity index (χ3n) is 2.69. The molecule has 0 unspecified atom stereocenters. The van der Waals surface area contributed by atoms with Crippen LogP contribution in [0.25, 0.3) is 0 Å². The van der Waals surface area contributed by atoms with Gasteiger partial charge in [0.05, 0.1) is 13.7 Å². The van der Waals surface area contributed by atoms with Crippen LogP contribution in [0.5, 0.6) is 6.01 Å². The summed E-state index contributed by atoms with van der Waals surface area (Å²) in [5, 5.41) is 0. The molecule has 0 atom stereocenters. The summed E-state index contributed by atoms with van der Waals surface area (Å²) in [6, 6.07) is 7.24. The molecule has 0 radical (unpaired) electrons. The largest absolute Gasteiger partial charge is 0.468 e. The molecule has 2 rings (SSSR count). The molecule has 0 spiro atoms. The molecule has 0 amide bonds. The molecule has 100 valence electrons. The fourth-order valence-corrected chi connectivity index (χ4v) is 2.28. The number of ether oxygens (including phenoxy) is 1. The minimum atomic E-state index is -0.145. The zero-order chi connectivity index (χ0) is 14.0. The van der Waals surface area contributed by atoms with Crippen molar-refractivity contribution in [2.75, 3.05) is 12.8 Å². The Hall–Kier alpha value is -1.82. The van der Waals surface area contributed by atoms with E-state index in [9.17, 15) is 4.79 Å². The first-order chi connectivity index (χ1) is 9.01. The highest BCUT2D eigenvalue weighted by Crippen LogP contribution is 2.21. The van der Waals surface area contributed by atoms with Crippen LogP contribution in [0.1, 0.15) is 11.3 Å². The zero-order valence-corrected chi connectivity index (χ0v) is 12.3. The van der Waals surface area contributed by atoms with Crippen LogP contribution < -0.4 is 16.0 Å². The van der Waals surface area contributed by atoms with Crippen molar-refractivity contribution >= 4 is 21.6 Å². The fourth-order valence-electron chi connectivity index (χ4n) is 1.76. The Morgan fingerprint density at radius 3 is 2.79 bits per heavy atom. The molecule has 6 heteroatoms. The summed E-state index contributed by atoms with van der Waals surface area (Å²) in [7, 11) is 1.50. The lowest BCUT2D eigenvalue weighted by Crippen LogP contribution is -2.23. The molecule has 2 N–H and O–H groups in total. The second-order valence-electron chi connectivity index (χ2n) is 4.16. The monoisotopic (exact) mass is 323 g/mol. The van der Waals surface area contributed by atoms with Gasteiger partial charge in [-0.15, -0.1) is 0 Å². The maximum Gasteiger partial charge on any atom is 0.299 e. The normalized spacial score (nSPS) is 10.5. The van der Waals surface area contributed by atoms with Crippen LogP contribution in [-0.2, 0) is 6.54 Å². The number of benzene rings is 1. The number of nitrogens with two attached hydrogens (primary N) is 1. The summed E-state index contributed by atoms with van der Waals surface area (Å²) < 4.78 is 7.48. The molecule has 0 aliphatic heterocycles. The Morgan fingerprint density at radius 1 is 1.42 bits per heavy atom. The molecule has 0 saturated carbocycles. The van der Waals surface area contributed by atoms with Gasteiger partial charge in [-0.25, -0.2) is 4.98 Å². The Morgan fingerprint density at radius 2 is 2.16 bits per heavy atom. The van der Waals surface area contributed by atoms with E-state index in [1.807, 2.05) is 6.07 Å². The number of hydrogen-bond donors (Lipinski definition) is 1. The first-order valence-electron chi connectivity index (χ1n) is 5.67. The maximum absolute atomic E-state index is 12.0. The van der Waals surface area contributed by atoms with Gasteiger partial charge in [0.2, 0.25) is 0 Å². The van der Waals surface area contributed by atoms with Crippen molar-refractivity contribution in [3.05, 3.63) is 50.3 Å². The Balaban J connectivity index is 2.46. The number of nitrogens with zero attached hydrogens (tertiary/aromatic N) is 2. The van der Waals surface area contributed by atoms with Crippen molar-refractivity contribution in [3.63, 3.8) is 0 Å². The van der Waals surface area contributed by atoms with E-state index in [1.54, 1.807) is 19.1 Å². The molecular weight excluding hydrogens is 310 g/mol. The molecule has 1 aromatic heterocycles. The van der Waals surface area contributed by atoms with Gasteiger partial charge in [-0.05, 0) is 24.6 Å². The quantitative estimate of drug-likeness (QED) is 0.876. The van der Waals surface area contributed by atoms with Gasteiger partial charge in [0.1, 0.15) is 0 Å². The van der Waals surface area contributed by atoms with Gasteiger partial charge in [0.25, 0.3) is 11.6 Å². The zero-order valence-electron chi connectivity index (χ0n) is 10.7. The van der Waals surface area contributed by atoms with Gasteiger partial charge in [0, 0.05) is 21.9 Å². The Bertz CT molecular complexity index is 667. The van der Waals surface area contributed by atoms with Gasteiger partial charge < -0.3 is 10.5 Å². The smallest absolute Gasteiger partial charge is 0.299 e. The number of rotatable bonds is 3. The molecule has 2 aromatic rings. The minimum absolute atomic E-state index is 0.145. The molecule has 0 aliphatic carbocycles. The number of aryl methyl sites for hydroxylation is 1. The Labute approximate surface area is 119 Å². The average Bonchev–Trinajstić information content (AvgIpc) is 2.34. The topological polar surface area (TPSA) is 70.1 Å². The van der Waals surface area contributed by atoms with E-state index in [-0.39, 0.29) is 5.56 Å². The molecule has 5 nitrogen and oxygen atoms in total. The molecule has 1 heterocycles. The number of hydrogen-bond acceptors (Lipinski definition) is 4. The third-order valence-corrected chi connectivity index (χ3v) is 3.43. The van der Waals surface area contributed by atoms with Gasteiger partial charge in [0.15, 0.2) is 0 Å². The summed E-state index contributed by atoms with van der Waals surface area (Å²) in [6.07, 6.45) is 0. The van der Waals surface area contributed by atoms with Crippen LogP contribution in [0.2, 0.25) is 0 Å². The highest BCUT2D eigenvalue weighted by molar-refractivity contribution is 9.10. The van der Waals surface area contributed by atoms with E-state index >= 15 is 0 Å². The molecular formula is C13H14BrN3O2. The van der Waals surface area contributed by atoms with Crippen LogP contribution in [0.15, 0.2) is 33.5 Å². The van der Waals surface area contributed by atoms with E-state index in [2.05, 4.69) is 20.9 Å². The Kier molecular flexibility index (Phi) is 3.90. The summed E-state index contributed by atoms with van der Waals surface area (Å²) >= 11 is 3.43. The van der Waals surface area contributed by atoms with Crippen molar-refractivity contribution in [2.45, 2.75) is 13.5 Å². The highest BCUT2D eigenvalue weighted by Gasteiger charge is 2.10. The number of anilines is 1. The van der Waals surface area contributed by atoms with Gasteiger partial charge >= 0.3 is 0 Å². The van der Waals surface area contributed by atoms with E-state index < -0.39 is 0 Å². The van der Waals surface area contributed by atoms with Crippen LogP contribution in [0.3, 0.4) is 0 Å². The maximum atomic E-state index is 12.0. The van der Waals surface area contributed by atoms with Gasteiger partial charge in [-0.3, -0.25) is 9.36 Å². The highest BCUT2D eigenvalue weighted by atomic mass is 79.9. The number of nitrogen functional groups attached to an aromatic ring is 1.